The summed E-state index contributed by atoms with van der Waals surface area (Å²) in [6.45, 7) is 1.53. The summed E-state index contributed by atoms with van der Waals surface area (Å²) in [5.41, 5.74) is 12.3. The molecule has 0 atom stereocenters. The maximum atomic E-state index is 11.3. The number of para-hydroxylation sites is 1. The third-order valence-corrected chi connectivity index (χ3v) is 4.66. The van der Waals surface area contributed by atoms with Gasteiger partial charge < -0.3 is 20.9 Å². The first-order chi connectivity index (χ1) is 12.6. The lowest BCUT2D eigenvalue weighted by atomic mass is 10.1. The molecule has 2 aromatic heterocycles. The van der Waals surface area contributed by atoms with Crippen molar-refractivity contribution in [1.29, 1.82) is 0 Å². The fourth-order valence-electron chi connectivity index (χ4n) is 3.31. The van der Waals surface area contributed by atoms with Gasteiger partial charge >= 0.3 is 0 Å². The standard InChI is InChI=1S/C16H19N9O/c17-14-13(15(18)26)19-10-24(14)11-6-8-23(9-7-11)16-20-21-22-25(16)12-4-2-1-3-5-12/h1-5,10-11H,6-9,17H2,(H2,18,26). The molecule has 10 heteroatoms. The molecule has 0 radical (unpaired) electrons. The van der Waals surface area contributed by atoms with Crippen LogP contribution in [-0.2, 0) is 0 Å². The summed E-state index contributed by atoms with van der Waals surface area (Å²) in [6.07, 6.45) is 3.25. The minimum Gasteiger partial charge on any atom is -0.383 e. The molecule has 1 fully saturated rings. The van der Waals surface area contributed by atoms with E-state index in [2.05, 4.69) is 25.4 Å². The van der Waals surface area contributed by atoms with Gasteiger partial charge in [0, 0.05) is 19.1 Å². The number of tetrazole rings is 1. The molecule has 4 rings (SSSR count). The average Bonchev–Trinajstić information content (AvgIpc) is 3.29. The number of benzene rings is 1. The number of nitrogen functional groups attached to an aromatic ring is 1. The minimum atomic E-state index is -0.610. The molecule has 1 aromatic carbocycles. The normalized spacial score (nSPS) is 15.3. The van der Waals surface area contributed by atoms with E-state index in [4.69, 9.17) is 11.5 Å². The first kappa shape index (κ1) is 16.1. The molecule has 0 aliphatic carbocycles. The Balaban J connectivity index is 1.50. The second-order valence-corrected chi connectivity index (χ2v) is 6.19. The number of aromatic nitrogens is 6. The van der Waals surface area contributed by atoms with Crippen LogP contribution >= 0.6 is 0 Å². The number of imidazole rings is 1. The Bertz CT molecular complexity index is 909. The predicted molar refractivity (Wildman–Crippen MR) is 94.8 cm³/mol. The molecule has 0 unspecified atom stereocenters. The summed E-state index contributed by atoms with van der Waals surface area (Å²) in [4.78, 5) is 17.5. The van der Waals surface area contributed by atoms with Crippen LogP contribution in [0.3, 0.4) is 0 Å². The van der Waals surface area contributed by atoms with Gasteiger partial charge in [0.2, 0.25) is 5.95 Å². The monoisotopic (exact) mass is 353 g/mol. The lowest BCUT2D eigenvalue weighted by Crippen LogP contribution is -2.36. The molecule has 0 spiro atoms. The van der Waals surface area contributed by atoms with Crippen molar-refractivity contribution >= 4 is 17.7 Å². The van der Waals surface area contributed by atoms with Gasteiger partial charge in [0.15, 0.2) is 5.69 Å². The SMILES string of the molecule is NC(=O)c1ncn(C2CCN(c3nnnn3-c3ccccc3)CC2)c1N. The summed E-state index contributed by atoms with van der Waals surface area (Å²) < 4.78 is 3.56. The Labute approximate surface area is 149 Å². The molecule has 134 valence electrons. The van der Waals surface area contributed by atoms with Gasteiger partial charge in [-0.1, -0.05) is 23.3 Å². The fraction of sp³-hybridized carbons (Fsp3) is 0.312. The zero-order valence-corrected chi connectivity index (χ0v) is 14.1. The number of nitrogens with zero attached hydrogens (tertiary/aromatic N) is 7. The van der Waals surface area contributed by atoms with E-state index in [1.165, 1.54) is 0 Å². The molecule has 1 amide bonds. The fourth-order valence-corrected chi connectivity index (χ4v) is 3.31. The first-order valence-corrected chi connectivity index (χ1v) is 8.36. The molecular formula is C16H19N9O. The van der Waals surface area contributed by atoms with Crippen LogP contribution in [0.15, 0.2) is 36.7 Å². The summed E-state index contributed by atoms with van der Waals surface area (Å²) in [5.74, 6) is 0.428. The van der Waals surface area contributed by atoms with E-state index in [-0.39, 0.29) is 11.7 Å². The lowest BCUT2D eigenvalue weighted by molar-refractivity contribution is 0.0997. The Morgan fingerprint density at radius 2 is 1.88 bits per heavy atom. The minimum absolute atomic E-state index is 0.125. The van der Waals surface area contributed by atoms with E-state index >= 15 is 0 Å². The number of hydrogen-bond donors (Lipinski definition) is 2. The Morgan fingerprint density at radius 3 is 2.54 bits per heavy atom. The van der Waals surface area contributed by atoms with E-state index in [9.17, 15) is 4.79 Å². The van der Waals surface area contributed by atoms with E-state index in [0.29, 0.717) is 11.8 Å². The summed E-state index contributed by atoms with van der Waals surface area (Å²) in [5, 5.41) is 12.1. The van der Waals surface area contributed by atoms with E-state index in [0.717, 1.165) is 31.6 Å². The van der Waals surface area contributed by atoms with E-state index in [1.54, 1.807) is 11.0 Å². The van der Waals surface area contributed by atoms with Gasteiger partial charge in [-0.25, -0.2) is 4.98 Å². The molecule has 4 N–H and O–H groups in total. The van der Waals surface area contributed by atoms with Crippen molar-refractivity contribution in [2.75, 3.05) is 23.7 Å². The maximum Gasteiger partial charge on any atom is 0.271 e. The molecule has 3 heterocycles. The Kier molecular flexibility index (Phi) is 3.99. The van der Waals surface area contributed by atoms with Crippen molar-refractivity contribution in [3.63, 3.8) is 0 Å². The summed E-state index contributed by atoms with van der Waals surface area (Å²) in [6, 6.07) is 9.94. The van der Waals surface area contributed by atoms with E-state index < -0.39 is 5.91 Å². The number of nitrogens with two attached hydrogens (primary N) is 2. The summed E-state index contributed by atoms with van der Waals surface area (Å²) >= 11 is 0. The Hall–Kier alpha value is -3.43. The molecule has 1 aliphatic heterocycles. The van der Waals surface area contributed by atoms with Crippen molar-refractivity contribution < 1.29 is 4.79 Å². The highest BCUT2D eigenvalue weighted by Gasteiger charge is 2.26. The Morgan fingerprint density at radius 1 is 1.15 bits per heavy atom. The van der Waals surface area contributed by atoms with Gasteiger partial charge in [0.05, 0.1) is 12.0 Å². The van der Waals surface area contributed by atoms with Crippen molar-refractivity contribution in [2.24, 2.45) is 5.73 Å². The number of amides is 1. The molecule has 3 aromatic rings. The number of carbonyl (C=O) groups excluding carboxylic acids is 1. The largest absolute Gasteiger partial charge is 0.383 e. The second-order valence-electron chi connectivity index (χ2n) is 6.19. The van der Waals surface area contributed by atoms with Gasteiger partial charge in [-0.3, -0.25) is 4.79 Å². The van der Waals surface area contributed by atoms with Gasteiger partial charge in [0.25, 0.3) is 5.91 Å². The first-order valence-electron chi connectivity index (χ1n) is 8.36. The molecule has 0 bridgehead atoms. The second kappa shape index (κ2) is 6.47. The van der Waals surface area contributed by atoms with Crippen molar-refractivity contribution in [3.05, 3.63) is 42.4 Å². The van der Waals surface area contributed by atoms with Gasteiger partial charge in [0.1, 0.15) is 5.82 Å². The van der Waals surface area contributed by atoms with E-state index in [1.807, 2.05) is 34.9 Å². The van der Waals surface area contributed by atoms with Gasteiger partial charge in [-0.05, 0) is 35.4 Å². The number of anilines is 2. The third kappa shape index (κ3) is 2.75. The van der Waals surface area contributed by atoms with Crippen LogP contribution in [0.4, 0.5) is 11.8 Å². The average molecular weight is 353 g/mol. The van der Waals surface area contributed by atoms with Crippen LogP contribution < -0.4 is 16.4 Å². The predicted octanol–water partition coefficient (Wildman–Crippen LogP) is 0.381. The van der Waals surface area contributed by atoms with Crippen molar-refractivity contribution in [2.45, 2.75) is 18.9 Å². The van der Waals surface area contributed by atoms with Crippen LogP contribution in [0.2, 0.25) is 0 Å². The van der Waals surface area contributed by atoms with Crippen molar-refractivity contribution in [1.82, 2.24) is 29.8 Å². The molecule has 1 aliphatic rings. The van der Waals surface area contributed by atoms with Crippen LogP contribution in [0.1, 0.15) is 29.4 Å². The molecule has 1 saturated heterocycles. The number of primary amides is 1. The summed E-state index contributed by atoms with van der Waals surface area (Å²) in [7, 11) is 0. The lowest BCUT2D eigenvalue weighted by Gasteiger charge is -2.33. The third-order valence-electron chi connectivity index (χ3n) is 4.66. The highest BCUT2D eigenvalue weighted by molar-refractivity contribution is 5.95. The molecule has 26 heavy (non-hydrogen) atoms. The van der Waals surface area contributed by atoms with Crippen LogP contribution in [0.25, 0.3) is 5.69 Å². The molecule has 10 nitrogen and oxygen atoms in total. The number of hydrogen-bond acceptors (Lipinski definition) is 7. The highest BCUT2D eigenvalue weighted by atomic mass is 16.1. The topological polar surface area (TPSA) is 134 Å². The van der Waals surface area contributed by atoms with Crippen molar-refractivity contribution in [3.8, 4) is 5.69 Å². The zero-order chi connectivity index (χ0) is 18.1. The highest BCUT2D eigenvalue weighted by Crippen LogP contribution is 2.28. The van der Waals surface area contributed by atoms with Crippen LogP contribution in [0, 0.1) is 0 Å². The number of piperidine rings is 1. The number of carbonyl (C=O) groups is 1. The molecule has 0 saturated carbocycles. The van der Waals surface area contributed by atoms with Crippen LogP contribution in [0.5, 0.6) is 0 Å². The number of rotatable bonds is 4. The molecular weight excluding hydrogens is 334 g/mol. The van der Waals surface area contributed by atoms with Crippen LogP contribution in [-0.4, -0.2) is 48.8 Å². The quantitative estimate of drug-likeness (QED) is 0.692. The smallest absolute Gasteiger partial charge is 0.271 e. The maximum absolute atomic E-state index is 11.3. The van der Waals surface area contributed by atoms with Gasteiger partial charge in [-0.15, -0.1) is 0 Å². The zero-order valence-electron chi connectivity index (χ0n) is 14.1. The van der Waals surface area contributed by atoms with Gasteiger partial charge in [-0.2, -0.15) is 4.68 Å².